The van der Waals surface area contributed by atoms with Gasteiger partial charge in [-0.1, -0.05) is 0 Å². The average Bonchev–Trinajstić information content (AvgIpc) is 1.65. The number of hydrogen-bond acceptors (Lipinski definition) is 3. The molecule has 0 aliphatic carbocycles. The molecule has 0 aliphatic heterocycles. The van der Waals surface area contributed by atoms with E-state index in [1.165, 1.54) is 0 Å². The summed E-state index contributed by atoms with van der Waals surface area (Å²) in [6.07, 6.45) is 0. The van der Waals surface area contributed by atoms with Crippen LogP contribution in [0, 0.1) is 0 Å². The van der Waals surface area contributed by atoms with E-state index in [1.54, 1.807) is 0 Å². The third-order valence-electron chi connectivity index (χ3n) is 0.1000. The van der Waals surface area contributed by atoms with Gasteiger partial charge in [0, 0.05) is 0 Å². The second kappa shape index (κ2) is 10.4. The fraction of sp³-hybridized carbons (Fsp3) is 1.00. The standard InChI is InChI=1S/C2H6O2.2H2O.O.Ti/c3-1-2-4;;;;/h3-4H,1-2H2;2*1H2;;/q;;;;+2/p-2. The Balaban J connectivity index is 0. The fourth-order valence-electron chi connectivity index (χ4n) is 0. The van der Waals surface area contributed by atoms with Gasteiger partial charge >= 0.3 is 29.3 Å². The zero-order valence-corrected chi connectivity index (χ0v) is 5.67. The quantitative estimate of drug-likeness (QED) is 0.324. The molecule has 0 saturated heterocycles. The van der Waals surface area contributed by atoms with Crippen LogP contribution in [0.2, 0.25) is 0 Å². The van der Waals surface area contributed by atoms with E-state index in [2.05, 4.69) is 0 Å². The Labute approximate surface area is 53.3 Å². The molecule has 0 amide bonds. The van der Waals surface area contributed by atoms with E-state index in [9.17, 15) is 0 Å². The van der Waals surface area contributed by atoms with Crippen molar-refractivity contribution in [2.45, 2.75) is 0 Å². The van der Waals surface area contributed by atoms with Crippen LogP contribution >= 0.6 is 0 Å². The topological polar surface area (TPSA) is 98.0 Å². The van der Waals surface area contributed by atoms with Crippen LogP contribution in [0.15, 0.2) is 0 Å². The van der Waals surface area contributed by atoms with E-state index >= 15 is 0 Å². The van der Waals surface area contributed by atoms with E-state index in [1.807, 2.05) is 0 Å². The molecule has 0 aliphatic rings. The van der Waals surface area contributed by atoms with Crippen LogP contribution in [0.3, 0.4) is 0 Å². The first-order valence-corrected chi connectivity index (χ1v) is 3.82. The van der Waals surface area contributed by atoms with Gasteiger partial charge in [-0.15, -0.1) is 0 Å². The van der Waals surface area contributed by atoms with Gasteiger partial charge in [0.15, 0.2) is 0 Å². The molecule has 0 aromatic rings. The Bertz CT molecular complexity index is 48.4. The summed E-state index contributed by atoms with van der Waals surface area (Å²) in [6.45, 7) is -0.250. The van der Waals surface area contributed by atoms with Gasteiger partial charge in [-0.25, -0.2) is 0 Å². The molecule has 0 aromatic heterocycles. The molecular formula is C2H8O5Ti. The van der Waals surface area contributed by atoms with Gasteiger partial charge in [0.25, 0.3) is 0 Å². The summed E-state index contributed by atoms with van der Waals surface area (Å²) in [6, 6.07) is 0. The summed E-state index contributed by atoms with van der Waals surface area (Å²) in [7, 11) is 0. The van der Waals surface area contributed by atoms with Crippen LogP contribution in [0.25, 0.3) is 0 Å². The fourth-order valence-corrected chi connectivity index (χ4v) is 0. The molecule has 0 aromatic carbocycles. The number of hydrogen-bond donors (Lipinski definition) is 4. The summed E-state index contributed by atoms with van der Waals surface area (Å²) in [5.74, 6) is 0. The van der Waals surface area contributed by atoms with E-state index < -0.39 is 18.6 Å². The first-order chi connectivity index (χ1) is 3.65. The summed E-state index contributed by atoms with van der Waals surface area (Å²) < 4.78 is 23.2. The van der Waals surface area contributed by atoms with Crippen molar-refractivity contribution in [3.05, 3.63) is 0 Å². The van der Waals surface area contributed by atoms with Crippen molar-refractivity contribution in [2.24, 2.45) is 0 Å². The molecule has 6 heteroatoms. The SMILES string of the molecule is OCCO.[O]=[Ti]([OH])[OH]. The predicted octanol–water partition coefficient (Wildman–Crippen LogP) is -2.26. The van der Waals surface area contributed by atoms with Gasteiger partial charge in [0.1, 0.15) is 0 Å². The van der Waals surface area contributed by atoms with Crippen molar-refractivity contribution in [1.82, 2.24) is 0 Å². The van der Waals surface area contributed by atoms with Crippen LogP contribution in [0.5, 0.6) is 0 Å². The van der Waals surface area contributed by atoms with E-state index in [4.69, 9.17) is 20.9 Å². The van der Waals surface area contributed by atoms with Crippen LogP contribution < -0.4 is 0 Å². The molecule has 0 bridgehead atoms. The van der Waals surface area contributed by atoms with Crippen molar-refractivity contribution < 1.29 is 39.5 Å². The molecule has 5 nitrogen and oxygen atoms in total. The van der Waals surface area contributed by atoms with Gasteiger partial charge in [0.05, 0.1) is 13.2 Å². The minimum absolute atomic E-state index is 0.125. The molecule has 0 unspecified atom stereocenters. The minimum atomic E-state index is -3.58. The van der Waals surface area contributed by atoms with Crippen LogP contribution in [-0.2, 0) is 21.9 Å². The van der Waals surface area contributed by atoms with E-state index in [-0.39, 0.29) is 13.2 Å². The molecule has 8 heavy (non-hydrogen) atoms. The second-order valence-electron chi connectivity index (χ2n) is 0.730. The van der Waals surface area contributed by atoms with Crippen LogP contribution in [0.1, 0.15) is 0 Å². The first-order valence-electron chi connectivity index (χ1n) is 1.78. The Kier molecular flexibility index (Phi) is 14.5. The van der Waals surface area contributed by atoms with E-state index in [0.29, 0.717) is 0 Å². The van der Waals surface area contributed by atoms with Gasteiger partial charge in [0.2, 0.25) is 0 Å². The first kappa shape index (κ1) is 11.2. The van der Waals surface area contributed by atoms with Gasteiger partial charge in [-0.2, -0.15) is 0 Å². The molecular weight excluding hydrogens is 152 g/mol. The number of aliphatic hydroxyl groups is 2. The van der Waals surface area contributed by atoms with Crippen molar-refractivity contribution in [3.8, 4) is 0 Å². The Morgan fingerprint density at radius 2 is 1.25 bits per heavy atom. The zero-order valence-electron chi connectivity index (χ0n) is 4.11. The monoisotopic (exact) mass is 160 g/mol. The Morgan fingerprint density at radius 1 is 1.12 bits per heavy atom. The summed E-state index contributed by atoms with van der Waals surface area (Å²) >= 11 is -3.58. The van der Waals surface area contributed by atoms with Crippen LogP contribution in [-0.4, -0.2) is 30.8 Å². The Hall–Kier alpha value is 0.354. The zero-order chi connectivity index (χ0) is 6.99. The molecule has 0 fully saturated rings. The van der Waals surface area contributed by atoms with Crippen LogP contribution in [0.4, 0.5) is 0 Å². The summed E-state index contributed by atoms with van der Waals surface area (Å²) in [5.41, 5.74) is 0. The van der Waals surface area contributed by atoms with Crippen molar-refractivity contribution in [2.75, 3.05) is 13.2 Å². The third kappa shape index (κ3) is 99.3. The Morgan fingerprint density at radius 3 is 1.25 bits per heavy atom. The normalized spacial score (nSPS) is 7.00. The van der Waals surface area contributed by atoms with Gasteiger partial charge in [-0.3, -0.25) is 0 Å². The average molecular weight is 160 g/mol. The van der Waals surface area contributed by atoms with E-state index in [0.717, 1.165) is 0 Å². The van der Waals surface area contributed by atoms with Crippen molar-refractivity contribution in [1.29, 1.82) is 0 Å². The molecule has 0 spiro atoms. The summed E-state index contributed by atoms with van der Waals surface area (Å²) in [5, 5.41) is 15.2. The molecule has 0 atom stereocenters. The molecule has 0 saturated carbocycles. The maximum absolute atomic E-state index is 8.81. The number of rotatable bonds is 1. The molecule has 0 heterocycles. The van der Waals surface area contributed by atoms with Crippen molar-refractivity contribution in [3.63, 3.8) is 0 Å². The predicted molar refractivity (Wildman–Crippen MR) is 19.3 cm³/mol. The van der Waals surface area contributed by atoms with Crippen molar-refractivity contribution >= 4 is 0 Å². The second-order valence-corrected chi connectivity index (χ2v) is 1.61. The molecule has 0 rings (SSSR count). The maximum atomic E-state index is 8.81. The van der Waals surface area contributed by atoms with Gasteiger partial charge < -0.3 is 10.2 Å². The number of aliphatic hydroxyl groups excluding tert-OH is 2. The third-order valence-corrected chi connectivity index (χ3v) is 0.1000. The van der Waals surface area contributed by atoms with Gasteiger partial charge in [-0.05, 0) is 0 Å². The molecule has 50 valence electrons. The molecule has 4 N–H and O–H groups in total. The summed E-state index contributed by atoms with van der Waals surface area (Å²) in [4.78, 5) is 0. The molecule has 0 radical (unpaired) electrons.